The summed E-state index contributed by atoms with van der Waals surface area (Å²) in [5.41, 5.74) is 3.47. The Kier molecular flexibility index (Phi) is 4.19. The van der Waals surface area contributed by atoms with E-state index >= 15 is 0 Å². The number of aromatic amines is 1. The van der Waals surface area contributed by atoms with E-state index in [1.807, 2.05) is 11.8 Å². The molecule has 20 heavy (non-hydrogen) atoms. The van der Waals surface area contributed by atoms with Gasteiger partial charge in [0.2, 0.25) is 0 Å². The summed E-state index contributed by atoms with van der Waals surface area (Å²) in [6.07, 6.45) is 0.984. The first-order valence-corrected chi connectivity index (χ1v) is 8.23. The number of thioether (sulfide) groups is 1. The Balaban J connectivity index is 1.97. The van der Waals surface area contributed by atoms with Gasteiger partial charge in [-0.25, -0.2) is 4.98 Å². The van der Waals surface area contributed by atoms with Gasteiger partial charge in [-0.2, -0.15) is 0 Å². The van der Waals surface area contributed by atoms with Gasteiger partial charge in [-0.05, 0) is 17.9 Å². The predicted molar refractivity (Wildman–Crippen MR) is 86.7 cm³/mol. The standard InChI is InChI=1S/C15H17N3S2/c1-2-20-11-5-3-10(4-6-11)14-17-13-7-8-16-9-12(13)15(19)18-14/h3-6,16H,2,7-9H2,1H3,(H,17,18,19). The van der Waals surface area contributed by atoms with Crippen LogP contribution in [0.4, 0.5) is 0 Å². The quantitative estimate of drug-likeness (QED) is 0.672. The highest BCUT2D eigenvalue weighted by atomic mass is 32.2. The molecule has 2 aromatic rings. The zero-order valence-electron chi connectivity index (χ0n) is 11.4. The summed E-state index contributed by atoms with van der Waals surface area (Å²) in [5, 5.41) is 3.33. The maximum atomic E-state index is 5.42. The molecule has 0 spiro atoms. The van der Waals surface area contributed by atoms with Crippen LogP contribution in [0.15, 0.2) is 29.2 Å². The van der Waals surface area contributed by atoms with E-state index in [9.17, 15) is 0 Å². The topological polar surface area (TPSA) is 40.7 Å². The normalized spacial score (nSPS) is 14.1. The molecule has 0 saturated carbocycles. The van der Waals surface area contributed by atoms with Crippen LogP contribution >= 0.6 is 24.0 Å². The Labute approximate surface area is 128 Å². The van der Waals surface area contributed by atoms with Crippen molar-refractivity contribution in [3.63, 3.8) is 0 Å². The summed E-state index contributed by atoms with van der Waals surface area (Å²) in [4.78, 5) is 9.28. The Morgan fingerprint density at radius 2 is 2.10 bits per heavy atom. The van der Waals surface area contributed by atoms with Gasteiger partial charge in [0.25, 0.3) is 0 Å². The maximum absolute atomic E-state index is 5.42. The van der Waals surface area contributed by atoms with Gasteiger partial charge in [-0.3, -0.25) is 0 Å². The van der Waals surface area contributed by atoms with Crippen LogP contribution in [0.2, 0.25) is 0 Å². The second kappa shape index (κ2) is 6.08. The average Bonchev–Trinajstić information content (AvgIpc) is 2.48. The third-order valence-corrected chi connectivity index (χ3v) is 4.63. The minimum absolute atomic E-state index is 0.716. The summed E-state index contributed by atoms with van der Waals surface area (Å²) in [6.45, 7) is 3.98. The van der Waals surface area contributed by atoms with Gasteiger partial charge < -0.3 is 10.3 Å². The first kappa shape index (κ1) is 13.8. The minimum Gasteiger partial charge on any atom is -0.343 e. The van der Waals surface area contributed by atoms with Crippen LogP contribution in [0, 0.1) is 4.64 Å². The molecule has 2 heterocycles. The molecule has 0 aliphatic carbocycles. The van der Waals surface area contributed by atoms with Gasteiger partial charge in [-0.15, -0.1) is 11.8 Å². The summed E-state index contributed by atoms with van der Waals surface area (Å²) < 4.78 is 0.716. The second-order valence-corrected chi connectivity index (χ2v) is 6.46. The van der Waals surface area contributed by atoms with Gasteiger partial charge in [0, 0.05) is 41.2 Å². The van der Waals surface area contributed by atoms with Crippen LogP contribution in [-0.2, 0) is 13.0 Å². The van der Waals surface area contributed by atoms with Crippen molar-refractivity contribution < 1.29 is 0 Å². The highest BCUT2D eigenvalue weighted by Gasteiger charge is 2.13. The lowest BCUT2D eigenvalue weighted by molar-refractivity contribution is 0.624. The van der Waals surface area contributed by atoms with E-state index in [2.05, 4.69) is 46.5 Å². The minimum atomic E-state index is 0.716. The van der Waals surface area contributed by atoms with Crippen LogP contribution in [0.3, 0.4) is 0 Å². The second-order valence-electron chi connectivity index (χ2n) is 4.73. The summed E-state index contributed by atoms with van der Waals surface area (Å²) >= 11 is 7.26. The summed E-state index contributed by atoms with van der Waals surface area (Å²) in [5.74, 6) is 1.97. The van der Waals surface area contributed by atoms with E-state index in [0.717, 1.165) is 42.2 Å². The van der Waals surface area contributed by atoms with Gasteiger partial charge in [0.15, 0.2) is 0 Å². The number of H-pyrrole nitrogens is 1. The first-order valence-electron chi connectivity index (χ1n) is 6.84. The predicted octanol–water partition coefficient (Wildman–Crippen LogP) is 3.56. The third-order valence-electron chi connectivity index (χ3n) is 3.40. The van der Waals surface area contributed by atoms with Gasteiger partial charge in [0.1, 0.15) is 10.5 Å². The average molecular weight is 303 g/mol. The molecular formula is C15H17N3S2. The fourth-order valence-electron chi connectivity index (χ4n) is 2.38. The molecule has 1 aliphatic rings. The molecule has 3 nitrogen and oxygen atoms in total. The van der Waals surface area contributed by atoms with Crippen molar-refractivity contribution >= 4 is 24.0 Å². The summed E-state index contributed by atoms with van der Waals surface area (Å²) in [7, 11) is 0. The molecule has 0 unspecified atom stereocenters. The molecule has 0 amide bonds. The molecule has 0 atom stereocenters. The largest absolute Gasteiger partial charge is 0.343 e. The monoisotopic (exact) mass is 303 g/mol. The first-order chi connectivity index (χ1) is 9.78. The van der Waals surface area contributed by atoms with Crippen LogP contribution in [0.5, 0.6) is 0 Å². The highest BCUT2D eigenvalue weighted by Crippen LogP contribution is 2.23. The van der Waals surface area contributed by atoms with E-state index in [1.165, 1.54) is 10.6 Å². The van der Waals surface area contributed by atoms with Crippen molar-refractivity contribution in [2.75, 3.05) is 12.3 Å². The number of benzene rings is 1. The van der Waals surface area contributed by atoms with Crippen LogP contribution in [0.1, 0.15) is 18.2 Å². The van der Waals surface area contributed by atoms with Gasteiger partial charge in [-0.1, -0.05) is 31.3 Å². The molecule has 0 radical (unpaired) electrons. The van der Waals surface area contributed by atoms with Crippen molar-refractivity contribution in [2.24, 2.45) is 0 Å². The molecule has 0 bridgehead atoms. The van der Waals surface area contributed by atoms with Crippen molar-refractivity contribution in [1.29, 1.82) is 0 Å². The fraction of sp³-hybridized carbons (Fsp3) is 0.333. The van der Waals surface area contributed by atoms with Gasteiger partial charge >= 0.3 is 0 Å². The molecule has 2 N–H and O–H groups in total. The van der Waals surface area contributed by atoms with Crippen molar-refractivity contribution in [1.82, 2.24) is 15.3 Å². The van der Waals surface area contributed by atoms with Crippen molar-refractivity contribution in [3.8, 4) is 11.4 Å². The lowest BCUT2D eigenvalue weighted by Gasteiger charge is -2.17. The van der Waals surface area contributed by atoms with E-state index in [4.69, 9.17) is 12.2 Å². The molecular weight excluding hydrogens is 286 g/mol. The molecule has 3 rings (SSSR count). The van der Waals surface area contributed by atoms with Crippen molar-refractivity contribution in [2.45, 2.75) is 24.8 Å². The molecule has 5 heteroatoms. The zero-order valence-corrected chi connectivity index (χ0v) is 13.0. The molecule has 0 fully saturated rings. The Bertz CT molecular complexity index is 662. The SMILES string of the molecule is CCSc1ccc(-c2nc(=S)c3c([nH]2)CCNC3)cc1. The fourth-order valence-corrected chi connectivity index (χ4v) is 3.33. The lowest BCUT2D eigenvalue weighted by Crippen LogP contribution is -2.25. The maximum Gasteiger partial charge on any atom is 0.139 e. The van der Waals surface area contributed by atoms with E-state index in [-0.39, 0.29) is 0 Å². The smallest absolute Gasteiger partial charge is 0.139 e. The Morgan fingerprint density at radius 1 is 1.30 bits per heavy atom. The van der Waals surface area contributed by atoms with E-state index < -0.39 is 0 Å². The van der Waals surface area contributed by atoms with E-state index in [0.29, 0.717) is 4.64 Å². The van der Waals surface area contributed by atoms with E-state index in [1.54, 1.807) is 0 Å². The number of rotatable bonds is 3. The molecule has 0 saturated heterocycles. The third kappa shape index (κ3) is 2.80. The zero-order chi connectivity index (χ0) is 13.9. The number of aromatic nitrogens is 2. The van der Waals surface area contributed by atoms with Crippen molar-refractivity contribution in [3.05, 3.63) is 40.2 Å². The number of nitrogens with one attached hydrogen (secondary N) is 2. The van der Waals surface area contributed by atoms with Gasteiger partial charge in [0.05, 0.1) is 0 Å². The summed E-state index contributed by atoms with van der Waals surface area (Å²) in [6, 6.07) is 8.50. The van der Waals surface area contributed by atoms with Crippen LogP contribution in [-0.4, -0.2) is 22.3 Å². The Hall–Kier alpha value is -1.17. The highest BCUT2D eigenvalue weighted by molar-refractivity contribution is 7.99. The van der Waals surface area contributed by atoms with Crippen LogP contribution < -0.4 is 5.32 Å². The Morgan fingerprint density at radius 3 is 2.85 bits per heavy atom. The molecule has 1 aromatic carbocycles. The number of fused-ring (bicyclic) bond motifs is 1. The molecule has 1 aliphatic heterocycles. The number of hydrogen-bond acceptors (Lipinski definition) is 4. The lowest BCUT2D eigenvalue weighted by atomic mass is 10.1. The van der Waals surface area contributed by atoms with Crippen LogP contribution in [0.25, 0.3) is 11.4 Å². The number of hydrogen-bond donors (Lipinski definition) is 2. The molecule has 104 valence electrons. The molecule has 1 aromatic heterocycles. The number of nitrogens with zero attached hydrogens (tertiary/aromatic N) is 1.